The number of hydrogen-bond acceptors (Lipinski definition) is 4. The van der Waals surface area contributed by atoms with Crippen molar-refractivity contribution in [1.82, 2.24) is 5.32 Å². The molecule has 3 atom stereocenters. The molecule has 1 amide bonds. The van der Waals surface area contributed by atoms with Crippen molar-refractivity contribution in [2.24, 2.45) is 5.92 Å². The average Bonchev–Trinajstić information content (AvgIpc) is 3.49. The molecule has 1 aliphatic carbocycles. The first kappa shape index (κ1) is 17.4. The number of amides is 1. The fourth-order valence-corrected chi connectivity index (χ4v) is 3.47. The van der Waals surface area contributed by atoms with Crippen LogP contribution in [0.2, 0.25) is 0 Å². The fraction of sp³-hybridized carbons (Fsp3) is 0.333. The van der Waals surface area contributed by atoms with E-state index in [1.807, 2.05) is 48.5 Å². The van der Waals surface area contributed by atoms with Crippen LogP contribution in [-0.2, 0) is 16.0 Å². The lowest BCUT2D eigenvalue weighted by Crippen LogP contribution is -2.43. The number of carboxylic acid groups (broad SMARTS) is 1. The van der Waals surface area contributed by atoms with Crippen LogP contribution in [0.3, 0.4) is 0 Å². The minimum atomic E-state index is -1.02. The zero-order valence-electron chi connectivity index (χ0n) is 14.8. The Morgan fingerprint density at radius 1 is 1.07 bits per heavy atom. The molecule has 0 bridgehead atoms. The molecule has 2 unspecified atom stereocenters. The molecular formula is C21H21NO5. The summed E-state index contributed by atoms with van der Waals surface area (Å²) in [5, 5.41) is 12.2. The van der Waals surface area contributed by atoms with Gasteiger partial charge in [0, 0.05) is 12.3 Å². The quantitative estimate of drug-likeness (QED) is 0.819. The van der Waals surface area contributed by atoms with Crippen molar-refractivity contribution in [3.8, 4) is 11.5 Å². The van der Waals surface area contributed by atoms with Gasteiger partial charge in [0.15, 0.2) is 11.5 Å². The van der Waals surface area contributed by atoms with Crippen LogP contribution in [0.25, 0.3) is 0 Å². The first-order valence-corrected chi connectivity index (χ1v) is 9.08. The minimum absolute atomic E-state index is 0.0898. The second kappa shape index (κ2) is 7.31. The third-order valence-corrected chi connectivity index (χ3v) is 5.02. The van der Waals surface area contributed by atoms with Crippen molar-refractivity contribution in [3.63, 3.8) is 0 Å². The molecule has 2 N–H and O–H groups in total. The summed E-state index contributed by atoms with van der Waals surface area (Å²) >= 11 is 0. The highest BCUT2D eigenvalue weighted by molar-refractivity contribution is 5.87. The Hall–Kier alpha value is -3.02. The maximum Gasteiger partial charge on any atom is 0.326 e. The Balaban J connectivity index is 1.39. The highest BCUT2D eigenvalue weighted by Gasteiger charge is 2.45. The number of carboxylic acids is 1. The molecule has 0 spiro atoms. The highest BCUT2D eigenvalue weighted by Crippen LogP contribution is 2.49. The average molecular weight is 367 g/mol. The molecule has 2 aromatic rings. The summed E-state index contributed by atoms with van der Waals surface area (Å²) in [6, 6.07) is 14.1. The standard InChI is InChI=1S/C21H21NO5/c23-20(22-17(21(24)25)10-13-4-2-1-3-5-13)16-12-15(16)14-6-7-18-19(11-14)27-9-8-26-18/h1-7,11,15-17H,8-10,12H2,(H,22,23)(H,24,25)/t15?,16?,17-/m0/s1. The summed E-state index contributed by atoms with van der Waals surface area (Å²) < 4.78 is 11.1. The van der Waals surface area contributed by atoms with E-state index in [0.29, 0.717) is 25.4 Å². The van der Waals surface area contributed by atoms with Crippen LogP contribution < -0.4 is 14.8 Å². The van der Waals surface area contributed by atoms with E-state index in [-0.39, 0.29) is 24.2 Å². The number of aliphatic carboxylic acids is 1. The molecule has 6 heteroatoms. The Morgan fingerprint density at radius 3 is 2.56 bits per heavy atom. The van der Waals surface area contributed by atoms with Gasteiger partial charge in [-0.05, 0) is 35.6 Å². The van der Waals surface area contributed by atoms with Gasteiger partial charge >= 0.3 is 5.97 Å². The lowest BCUT2D eigenvalue weighted by atomic mass is 10.0. The molecule has 4 rings (SSSR count). The summed E-state index contributed by atoms with van der Waals surface area (Å²) in [5.74, 6) is 0.0804. The Bertz CT molecular complexity index is 851. The van der Waals surface area contributed by atoms with Crippen LogP contribution in [0.15, 0.2) is 48.5 Å². The third-order valence-electron chi connectivity index (χ3n) is 5.02. The molecule has 140 valence electrons. The van der Waals surface area contributed by atoms with E-state index in [0.717, 1.165) is 16.9 Å². The maximum atomic E-state index is 12.6. The van der Waals surface area contributed by atoms with E-state index in [1.165, 1.54) is 0 Å². The van der Waals surface area contributed by atoms with Gasteiger partial charge in [-0.15, -0.1) is 0 Å². The fourth-order valence-electron chi connectivity index (χ4n) is 3.47. The summed E-state index contributed by atoms with van der Waals surface area (Å²) in [6.07, 6.45) is 0.979. The predicted octanol–water partition coefficient (Wildman–Crippen LogP) is 2.37. The van der Waals surface area contributed by atoms with Crippen LogP contribution in [0, 0.1) is 5.92 Å². The number of fused-ring (bicyclic) bond motifs is 1. The number of rotatable bonds is 6. The monoisotopic (exact) mass is 367 g/mol. The number of hydrogen-bond donors (Lipinski definition) is 2. The van der Waals surface area contributed by atoms with E-state index < -0.39 is 12.0 Å². The van der Waals surface area contributed by atoms with Gasteiger partial charge in [0.25, 0.3) is 0 Å². The van der Waals surface area contributed by atoms with E-state index in [4.69, 9.17) is 9.47 Å². The van der Waals surface area contributed by atoms with E-state index in [9.17, 15) is 14.7 Å². The van der Waals surface area contributed by atoms with E-state index in [1.54, 1.807) is 0 Å². The Kier molecular flexibility index (Phi) is 4.71. The van der Waals surface area contributed by atoms with Crippen molar-refractivity contribution >= 4 is 11.9 Å². The third kappa shape index (κ3) is 3.89. The number of ether oxygens (including phenoxy) is 2. The van der Waals surface area contributed by atoms with Crippen LogP contribution >= 0.6 is 0 Å². The first-order valence-electron chi connectivity index (χ1n) is 9.08. The topological polar surface area (TPSA) is 84.9 Å². The lowest BCUT2D eigenvalue weighted by Gasteiger charge is -2.19. The molecule has 2 aromatic carbocycles. The number of benzene rings is 2. The molecule has 0 radical (unpaired) electrons. The minimum Gasteiger partial charge on any atom is -0.486 e. The Morgan fingerprint density at radius 2 is 1.81 bits per heavy atom. The van der Waals surface area contributed by atoms with Crippen molar-refractivity contribution in [2.75, 3.05) is 13.2 Å². The first-order chi connectivity index (χ1) is 13.1. The molecule has 27 heavy (non-hydrogen) atoms. The second-order valence-electron chi connectivity index (χ2n) is 6.94. The van der Waals surface area contributed by atoms with Gasteiger partial charge in [-0.3, -0.25) is 4.79 Å². The lowest BCUT2D eigenvalue weighted by molar-refractivity contribution is -0.142. The molecule has 1 fully saturated rings. The molecule has 1 aliphatic heterocycles. The SMILES string of the molecule is O=C(N[C@@H](Cc1ccccc1)C(=O)O)C1CC1c1ccc2c(c1)OCCO2. The molecule has 0 saturated heterocycles. The summed E-state index contributed by atoms with van der Waals surface area (Å²) in [4.78, 5) is 24.1. The zero-order valence-corrected chi connectivity index (χ0v) is 14.8. The number of nitrogens with one attached hydrogen (secondary N) is 1. The van der Waals surface area contributed by atoms with Crippen LogP contribution in [0.4, 0.5) is 0 Å². The van der Waals surface area contributed by atoms with Gasteiger partial charge in [0.05, 0.1) is 0 Å². The van der Waals surface area contributed by atoms with E-state index >= 15 is 0 Å². The summed E-state index contributed by atoms with van der Waals surface area (Å²) in [5.41, 5.74) is 1.90. The van der Waals surface area contributed by atoms with Gasteiger partial charge in [0.2, 0.25) is 5.91 Å². The molecule has 6 nitrogen and oxygen atoms in total. The van der Waals surface area contributed by atoms with Gasteiger partial charge < -0.3 is 19.9 Å². The molecule has 1 heterocycles. The van der Waals surface area contributed by atoms with Gasteiger partial charge in [-0.25, -0.2) is 4.79 Å². The second-order valence-corrected chi connectivity index (χ2v) is 6.94. The van der Waals surface area contributed by atoms with Crippen LogP contribution in [0.5, 0.6) is 11.5 Å². The van der Waals surface area contributed by atoms with Crippen molar-refractivity contribution in [1.29, 1.82) is 0 Å². The van der Waals surface area contributed by atoms with Crippen LogP contribution in [-0.4, -0.2) is 36.2 Å². The highest BCUT2D eigenvalue weighted by atomic mass is 16.6. The number of carbonyl (C=O) groups is 2. The maximum absolute atomic E-state index is 12.6. The molecule has 0 aromatic heterocycles. The van der Waals surface area contributed by atoms with Crippen molar-refractivity contribution in [3.05, 3.63) is 59.7 Å². The molecule has 2 aliphatic rings. The van der Waals surface area contributed by atoms with Gasteiger partial charge in [-0.2, -0.15) is 0 Å². The van der Waals surface area contributed by atoms with Crippen molar-refractivity contribution in [2.45, 2.75) is 24.8 Å². The van der Waals surface area contributed by atoms with Crippen LogP contribution in [0.1, 0.15) is 23.5 Å². The van der Waals surface area contributed by atoms with Gasteiger partial charge in [-0.1, -0.05) is 36.4 Å². The predicted molar refractivity (Wildman–Crippen MR) is 98.0 cm³/mol. The molecule has 1 saturated carbocycles. The van der Waals surface area contributed by atoms with Gasteiger partial charge in [0.1, 0.15) is 19.3 Å². The number of carbonyl (C=O) groups excluding carboxylic acids is 1. The Labute approximate surface area is 157 Å². The summed E-state index contributed by atoms with van der Waals surface area (Å²) in [6.45, 7) is 1.06. The smallest absolute Gasteiger partial charge is 0.326 e. The normalized spacial score (nSPS) is 21.2. The zero-order chi connectivity index (χ0) is 18.8. The van der Waals surface area contributed by atoms with Crippen molar-refractivity contribution < 1.29 is 24.2 Å². The van der Waals surface area contributed by atoms with E-state index in [2.05, 4.69) is 5.32 Å². The summed E-state index contributed by atoms with van der Waals surface area (Å²) in [7, 11) is 0. The largest absolute Gasteiger partial charge is 0.486 e. The molecular weight excluding hydrogens is 346 g/mol.